The van der Waals surface area contributed by atoms with Crippen molar-refractivity contribution in [1.82, 2.24) is 15.3 Å². The van der Waals surface area contributed by atoms with Crippen LogP contribution in [0.3, 0.4) is 0 Å². The Labute approximate surface area is 110 Å². The molecule has 1 N–H and O–H groups in total. The molecule has 18 heavy (non-hydrogen) atoms. The van der Waals surface area contributed by atoms with Gasteiger partial charge in [0.05, 0.1) is 5.69 Å². The lowest BCUT2D eigenvalue weighted by Gasteiger charge is -2.18. The molecule has 1 aromatic heterocycles. The maximum atomic E-state index is 4.58. The van der Waals surface area contributed by atoms with E-state index in [0.717, 1.165) is 49.8 Å². The second-order valence-corrected chi connectivity index (χ2v) is 4.43. The minimum atomic E-state index is 0.799. The third-order valence-corrected chi connectivity index (χ3v) is 2.69. The van der Waals surface area contributed by atoms with E-state index in [1.165, 1.54) is 0 Å². The number of aryl methyl sites for hydroxylation is 1. The summed E-state index contributed by atoms with van der Waals surface area (Å²) in [5, 5.41) is 3.29. The molecule has 0 fully saturated rings. The highest BCUT2D eigenvalue weighted by molar-refractivity contribution is 5.31. The number of unbranched alkanes of at least 4 members (excludes halogenated alkanes) is 1. The molecule has 4 nitrogen and oxygen atoms in total. The first-order chi connectivity index (χ1) is 8.67. The largest absolute Gasteiger partial charge is 0.344 e. The van der Waals surface area contributed by atoms with Crippen molar-refractivity contribution in [2.24, 2.45) is 0 Å². The molecule has 0 amide bonds. The minimum Gasteiger partial charge on any atom is -0.344 e. The SMILES string of the molecule is C=CCCCN(C)c1nc(C)cc(CNCC)n1. The van der Waals surface area contributed by atoms with Crippen molar-refractivity contribution in [2.75, 3.05) is 25.0 Å². The molecule has 0 saturated heterocycles. The van der Waals surface area contributed by atoms with E-state index in [2.05, 4.69) is 33.7 Å². The third-order valence-electron chi connectivity index (χ3n) is 2.69. The molecule has 0 aliphatic rings. The fraction of sp³-hybridized carbons (Fsp3) is 0.571. The summed E-state index contributed by atoms with van der Waals surface area (Å²) in [4.78, 5) is 11.2. The molecule has 0 atom stereocenters. The molecule has 4 heteroatoms. The zero-order valence-corrected chi connectivity index (χ0v) is 11.7. The van der Waals surface area contributed by atoms with Crippen molar-refractivity contribution in [2.45, 2.75) is 33.2 Å². The molecule has 1 aromatic rings. The zero-order chi connectivity index (χ0) is 13.4. The van der Waals surface area contributed by atoms with E-state index in [0.29, 0.717) is 0 Å². The van der Waals surface area contributed by atoms with Crippen LogP contribution in [0.4, 0.5) is 5.95 Å². The molecule has 0 saturated carbocycles. The van der Waals surface area contributed by atoms with Crippen molar-refractivity contribution in [3.05, 3.63) is 30.1 Å². The van der Waals surface area contributed by atoms with Gasteiger partial charge in [0.15, 0.2) is 0 Å². The lowest BCUT2D eigenvalue weighted by atomic mass is 10.3. The Hall–Kier alpha value is -1.42. The van der Waals surface area contributed by atoms with Crippen LogP contribution in [-0.2, 0) is 6.54 Å². The van der Waals surface area contributed by atoms with E-state index in [1.807, 2.05) is 26.1 Å². The van der Waals surface area contributed by atoms with Gasteiger partial charge >= 0.3 is 0 Å². The van der Waals surface area contributed by atoms with Gasteiger partial charge < -0.3 is 10.2 Å². The molecule has 0 unspecified atom stereocenters. The summed E-state index contributed by atoms with van der Waals surface area (Å²) in [5.74, 6) is 0.812. The molecule has 0 aromatic carbocycles. The molecule has 0 radical (unpaired) electrons. The highest BCUT2D eigenvalue weighted by atomic mass is 15.2. The maximum Gasteiger partial charge on any atom is 0.225 e. The first-order valence-electron chi connectivity index (χ1n) is 6.54. The van der Waals surface area contributed by atoms with Crippen LogP contribution in [-0.4, -0.2) is 30.1 Å². The normalized spacial score (nSPS) is 10.4. The Morgan fingerprint density at radius 3 is 2.89 bits per heavy atom. The molecule has 1 heterocycles. The summed E-state index contributed by atoms with van der Waals surface area (Å²) in [6, 6.07) is 2.03. The quantitative estimate of drug-likeness (QED) is 0.566. The molecule has 0 aliphatic heterocycles. The van der Waals surface area contributed by atoms with Gasteiger partial charge in [-0.15, -0.1) is 6.58 Å². The van der Waals surface area contributed by atoms with Crippen LogP contribution in [0.25, 0.3) is 0 Å². The summed E-state index contributed by atoms with van der Waals surface area (Å²) < 4.78 is 0. The number of nitrogens with one attached hydrogen (secondary N) is 1. The van der Waals surface area contributed by atoms with Gasteiger partial charge in [0.2, 0.25) is 5.95 Å². The molecular formula is C14H24N4. The van der Waals surface area contributed by atoms with Gasteiger partial charge in [-0.1, -0.05) is 13.0 Å². The maximum absolute atomic E-state index is 4.58. The highest BCUT2D eigenvalue weighted by Crippen LogP contribution is 2.09. The van der Waals surface area contributed by atoms with E-state index in [4.69, 9.17) is 0 Å². The molecule has 0 bridgehead atoms. The van der Waals surface area contributed by atoms with Gasteiger partial charge in [-0.3, -0.25) is 0 Å². The van der Waals surface area contributed by atoms with Crippen molar-refractivity contribution >= 4 is 5.95 Å². The number of rotatable bonds is 8. The average molecular weight is 248 g/mol. The third kappa shape index (κ3) is 4.84. The van der Waals surface area contributed by atoms with E-state index < -0.39 is 0 Å². The molecule has 100 valence electrons. The predicted molar refractivity (Wildman–Crippen MR) is 76.9 cm³/mol. The van der Waals surface area contributed by atoms with Crippen molar-refractivity contribution < 1.29 is 0 Å². The van der Waals surface area contributed by atoms with Gasteiger partial charge in [0.25, 0.3) is 0 Å². The number of hydrogen-bond donors (Lipinski definition) is 1. The fourth-order valence-electron chi connectivity index (χ4n) is 1.70. The first-order valence-corrected chi connectivity index (χ1v) is 6.54. The molecule has 1 rings (SSSR count). The van der Waals surface area contributed by atoms with Crippen molar-refractivity contribution in [1.29, 1.82) is 0 Å². The summed E-state index contributed by atoms with van der Waals surface area (Å²) in [6.07, 6.45) is 4.06. The Kier molecular flexibility index (Phi) is 6.36. The average Bonchev–Trinajstić information content (AvgIpc) is 2.36. The summed E-state index contributed by atoms with van der Waals surface area (Å²) in [6.45, 7) is 10.5. The van der Waals surface area contributed by atoms with E-state index in [9.17, 15) is 0 Å². The lowest BCUT2D eigenvalue weighted by Crippen LogP contribution is -2.22. The standard InChI is InChI=1S/C14H24N4/c1-5-7-8-9-18(4)14-16-12(3)10-13(17-14)11-15-6-2/h5,10,15H,1,6-9,11H2,2-4H3. The fourth-order valence-corrected chi connectivity index (χ4v) is 1.70. The van der Waals surface area contributed by atoms with Gasteiger partial charge in [-0.2, -0.15) is 0 Å². The number of hydrogen-bond acceptors (Lipinski definition) is 4. The molecule has 0 spiro atoms. The number of aromatic nitrogens is 2. The Morgan fingerprint density at radius 2 is 2.22 bits per heavy atom. The van der Waals surface area contributed by atoms with E-state index >= 15 is 0 Å². The first kappa shape index (κ1) is 14.6. The molecular weight excluding hydrogens is 224 g/mol. The second-order valence-electron chi connectivity index (χ2n) is 4.43. The minimum absolute atomic E-state index is 0.799. The van der Waals surface area contributed by atoms with Crippen LogP contribution in [0.5, 0.6) is 0 Å². The van der Waals surface area contributed by atoms with Crippen LogP contribution >= 0.6 is 0 Å². The highest BCUT2D eigenvalue weighted by Gasteiger charge is 2.06. The zero-order valence-electron chi connectivity index (χ0n) is 11.7. The van der Waals surface area contributed by atoms with E-state index in [-0.39, 0.29) is 0 Å². The number of nitrogens with zero attached hydrogens (tertiary/aromatic N) is 3. The summed E-state index contributed by atoms with van der Waals surface area (Å²) in [5.41, 5.74) is 2.07. The monoisotopic (exact) mass is 248 g/mol. The Morgan fingerprint density at radius 1 is 1.44 bits per heavy atom. The Bertz CT molecular complexity index is 376. The number of allylic oxidation sites excluding steroid dienone is 1. The molecule has 0 aliphatic carbocycles. The van der Waals surface area contributed by atoms with Gasteiger partial charge in [-0.05, 0) is 32.4 Å². The van der Waals surface area contributed by atoms with Crippen LogP contribution in [0.2, 0.25) is 0 Å². The lowest BCUT2D eigenvalue weighted by molar-refractivity contribution is 0.700. The van der Waals surface area contributed by atoms with Gasteiger partial charge in [0.1, 0.15) is 0 Å². The van der Waals surface area contributed by atoms with Gasteiger partial charge in [0, 0.05) is 25.8 Å². The van der Waals surface area contributed by atoms with Gasteiger partial charge in [-0.25, -0.2) is 9.97 Å². The van der Waals surface area contributed by atoms with Crippen LogP contribution < -0.4 is 10.2 Å². The van der Waals surface area contributed by atoms with E-state index in [1.54, 1.807) is 0 Å². The van der Waals surface area contributed by atoms with Crippen LogP contribution in [0.1, 0.15) is 31.2 Å². The van der Waals surface area contributed by atoms with Crippen molar-refractivity contribution in [3.8, 4) is 0 Å². The summed E-state index contributed by atoms with van der Waals surface area (Å²) >= 11 is 0. The van der Waals surface area contributed by atoms with Crippen LogP contribution in [0.15, 0.2) is 18.7 Å². The Balaban J connectivity index is 2.68. The summed E-state index contributed by atoms with van der Waals surface area (Å²) in [7, 11) is 2.04. The second kappa shape index (κ2) is 7.82. The topological polar surface area (TPSA) is 41.1 Å². The van der Waals surface area contributed by atoms with Crippen LogP contribution in [0, 0.1) is 6.92 Å². The van der Waals surface area contributed by atoms with Crippen molar-refractivity contribution in [3.63, 3.8) is 0 Å². The smallest absolute Gasteiger partial charge is 0.225 e. The predicted octanol–water partition coefficient (Wildman–Crippen LogP) is 2.30. The number of anilines is 1.